The van der Waals surface area contributed by atoms with Gasteiger partial charge in [-0.15, -0.1) is 0 Å². The molecule has 0 fully saturated rings. The summed E-state index contributed by atoms with van der Waals surface area (Å²) in [5.74, 6) is 0. The van der Waals surface area contributed by atoms with E-state index in [0.717, 1.165) is 21.9 Å². The van der Waals surface area contributed by atoms with Crippen LogP contribution >= 0.6 is 38.5 Å². The first-order chi connectivity index (χ1) is 8.14. The van der Waals surface area contributed by atoms with E-state index >= 15 is 0 Å². The summed E-state index contributed by atoms with van der Waals surface area (Å²) in [6.45, 7) is 3.59. The van der Waals surface area contributed by atoms with Crippen LogP contribution in [0.4, 0.5) is 0 Å². The number of ether oxygens (including phenoxy) is 2. The van der Waals surface area contributed by atoms with E-state index in [4.69, 9.17) is 9.47 Å². The monoisotopic (exact) mass is 412 g/mol. The van der Waals surface area contributed by atoms with E-state index in [1.807, 2.05) is 12.1 Å². The molecule has 0 aliphatic heterocycles. The van der Waals surface area contributed by atoms with Crippen LogP contribution < -0.4 is 0 Å². The predicted octanol–water partition coefficient (Wildman–Crippen LogP) is 4.15. The van der Waals surface area contributed by atoms with E-state index in [1.54, 1.807) is 7.11 Å². The van der Waals surface area contributed by atoms with Crippen LogP contribution in [0.3, 0.4) is 0 Å². The van der Waals surface area contributed by atoms with E-state index in [9.17, 15) is 0 Å². The minimum Gasteiger partial charge on any atom is -0.385 e. The van der Waals surface area contributed by atoms with Crippen LogP contribution in [0.5, 0.6) is 0 Å². The molecule has 96 valence electrons. The molecule has 1 rings (SSSR count). The average molecular weight is 413 g/mol. The zero-order valence-electron chi connectivity index (χ0n) is 10.2. The second kappa shape index (κ2) is 7.71. The van der Waals surface area contributed by atoms with Gasteiger partial charge in [-0.1, -0.05) is 56.7 Å². The molecule has 17 heavy (non-hydrogen) atoms. The van der Waals surface area contributed by atoms with Crippen molar-refractivity contribution in [2.45, 2.75) is 18.9 Å². The van der Waals surface area contributed by atoms with Crippen molar-refractivity contribution in [1.29, 1.82) is 0 Å². The molecular formula is C13H18BrIO2. The largest absolute Gasteiger partial charge is 0.385 e. The van der Waals surface area contributed by atoms with Crippen LogP contribution in [-0.2, 0) is 15.1 Å². The fraction of sp³-hybridized carbons (Fsp3) is 0.538. The van der Waals surface area contributed by atoms with Gasteiger partial charge in [-0.05, 0) is 25.0 Å². The molecule has 4 heteroatoms. The van der Waals surface area contributed by atoms with Crippen molar-refractivity contribution in [3.8, 4) is 0 Å². The summed E-state index contributed by atoms with van der Waals surface area (Å²) in [5.41, 5.74) is 0.959. The number of benzene rings is 1. The molecule has 0 aliphatic carbocycles. The van der Waals surface area contributed by atoms with Crippen molar-refractivity contribution in [3.05, 3.63) is 34.3 Å². The van der Waals surface area contributed by atoms with Crippen LogP contribution in [0.1, 0.15) is 18.9 Å². The lowest BCUT2D eigenvalue weighted by molar-refractivity contribution is -0.0234. The number of hydrogen-bond acceptors (Lipinski definition) is 2. The quantitative estimate of drug-likeness (QED) is 0.380. The van der Waals surface area contributed by atoms with Crippen molar-refractivity contribution in [3.63, 3.8) is 0 Å². The summed E-state index contributed by atoms with van der Waals surface area (Å²) in [5, 5.41) is 0. The summed E-state index contributed by atoms with van der Waals surface area (Å²) >= 11 is 5.96. The number of halogens is 2. The molecule has 0 N–H and O–H groups in total. The van der Waals surface area contributed by atoms with Gasteiger partial charge in [0.05, 0.1) is 0 Å². The highest BCUT2D eigenvalue weighted by atomic mass is 127. The second-order valence-corrected chi connectivity index (χ2v) is 5.66. The van der Waals surface area contributed by atoms with Gasteiger partial charge in [0.1, 0.15) is 5.60 Å². The van der Waals surface area contributed by atoms with Crippen LogP contribution in [0.25, 0.3) is 0 Å². The maximum absolute atomic E-state index is 6.03. The van der Waals surface area contributed by atoms with Crippen molar-refractivity contribution in [2.75, 3.05) is 24.8 Å². The van der Waals surface area contributed by atoms with Crippen LogP contribution in [-0.4, -0.2) is 24.8 Å². The highest BCUT2D eigenvalue weighted by Crippen LogP contribution is 2.33. The fourth-order valence-electron chi connectivity index (χ4n) is 1.58. The van der Waals surface area contributed by atoms with Gasteiger partial charge in [0, 0.05) is 29.2 Å². The van der Waals surface area contributed by atoms with Crippen LogP contribution in [0, 0.1) is 0 Å². The molecule has 0 saturated carbocycles. The van der Waals surface area contributed by atoms with Gasteiger partial charge in [0.15, 0.2) is 0 Å². The van der Waals surface area contributed by atoms with Gasteiger partial charge in [0.2, 0.25) is 0 Å². The van der Waals surface area contributed by atoms with E-state index < -0.39 is 0 Å². The minimum absolute atomic E-state index is 0.242. The fourth-order valence-corrected chi connectivity index (χ4v) is 2.91. The summed E-state index contributed by atoms with van der Waals surface area (Å²) < 4.78 is 13.1. The Labute approximate surface area is 125 Å². The molecular weight excluding hydrogens is 395 g/mol. The topological polar surface area (TPSA) is 18.5 Å². The molecule has 0 saturated heterocycles. The summed E-state index contributed by atoms with van der Waals surface area (Å²) in [6, 6.07) is 8.23. The Hall–Kier alpha value is 0.350. The van der Waals surface area contributed by atoms with Crippen molar-refractivity contribution in [1.82, 2.24) is 0 Å². The van der Waals surface area contributed by atoms with Crippen LogP contribution in [0.2, 0.25) is 0 Å². The Kier molecular flexibility index (Phi) is 6.99. The maximum atomic E-state index is 6.03. The van der Waals surface area contributed by atoms with E-state index in [0.29, 0.717) is 6.61 Å². The lowest BCUT2D eigenvalue weighted by Gasteiger charge is -2.29. The maximum Gasteiger partial charge on any atom is 0.100 e. The number of rotatable bonds is 7. The highest BCUT2D eigenvalue weighted by Gasteiger charge is 2.27. The smallest absolute Gasteiger partial charge is 0.100 e. The molecule has 0 radical (unpaired) electrons. The number of hydrogen-bond donors (Lipinski definition) is 0. The highest BCUT2D eigenvalue weighted by molar-refractivity contribution is 14.1. The molecule has 0 heterocycles. The first kappa shape index (κ1) is 15.4. The number of methoxy groups -OCH3 is 1. The van der Waals surface area contributed by atoms with Crippen LogP contribution in [0.15, 0.2) is 28.7 Å². The first-order valence-corrected chi connectivity index (χ1v) is 7.90. The third-order valence-electron chi connectivity index (χ3n) is 2.61. The lowest BCUT2D eigenvalue weighted by atomic mass is 9.98. The Bertz CT molecular complexity index is 346. The molecule has 2 nitrogen and oxygen atoms in total. The molecule has 0 bridgehead atoms. The van der Waals surface area contributed by atoms with E-state index in [2.05, 4.69) is 57.6 Å². The zero-order chi connectivity index (χ0) is 12.7. The molecule has 1 aromatic carbocycles. The van der Waals surface area contributed by atoms with E-state index in [1.165, 1.54) is 5.56 Å². The standard InChI is InChI=1S/C13H18BrIO2/c1-13(10-15,17-9-5-8-16-2)11-6-3-4-7-12(11)14/h3-4,6-7H,5,8-10H2,1-2H3. The Balaban J connectivity index is 2.71. The molecule has 0 aromatic heterocycles. The van der Waals surface area contributed by atoms with Gasteiger partial charge in [-0.3, -0.25) is 0 Å². The molecule has 1 unspecified atom stereocenters. The summed E-state index contributed by atoms with van der Waals surface area (Å²) in [7, 11) is 1.71. The normalized spacial score (nSPS) is 14.6. The minimum atomic E-state index is -0.242. The molecule has 1 aromatic rings. The molecule has 0 spiro atoms. The third-order valence-corrected chi connectivity index (χ3v) is 4.76. The van der Waals surface area contributed by atoms with Gasteiger partial charge >= 0.3 is 0 Å². The van der Waals surface area contributed by atoms with Crippen molar-refractivity contribution >= 4 is 38.5 Å². The van der Waals surface area contributed by atoms with Gasteiger partial charge in [-0.2, -0.15) is 0 Å². The zero-order valence-corrected chi connectivity index (χ0v) is 14.0. The number of alkyl halides is 1. The molecule has 0 aliphatic rings. The Morgan fingerprint density at radius 2 is 2.00 bits per heavy atom. The summed E-state index contributed by atoms with van der Waals surface area (Å²) in [4.78, 5) is 0. The van der Waals surface area contributed by atoms with E-state index in [-0.39, 0.29) is 5.60 Å². The Morgan fingerprint density at radius 3 is 2.59 bits per heavy atom. The molecule has 0 amide bonds. The van der Waals surface area contributed by atoms with Crippen molar-refractivity contribution < 1.29 is 9.47 Å². The first-order valence-electron chi connectivity index (χ1n) is 5.58. The summed E-state index contributed by atoms with van der Waals surface area (Å²) in [6.07, 6.45) is 0.924. The van der Waals surface area contributed by atoms with Gasteiger partial charge in [-0.25, -0.2) is 0 Å². The average Bonchev–Trinajstić information content (AvgIpc) is 2.35. The van der Waals surface area contributed by atoms with Crippen molar-refractivity contribution in [2.24, 2.45) is 0 Å². The second-order valence-electron chi connectivity index (χ2n) is 4.04. The third kappa shape index (κ3) is 4.50. The lowest BCUT2D eigenvalue weighted by Crippen LogP contribution is -2.29. The van der Waals surface area contributed by atoms with Gasteiger partial charge in [0.25, 0.3) is 0 Å². The SMILES string of the molecule is COCCCOC(C)(CI)c1ccccc1Br. The van der Waals surface area contributed by atoms with Gasteiger partial charge < -0.3 is 9.47 Å². The Morgan fingerprint density at radius 1 is 1.29 bits per heavy atom. The molecule has 1 atom stereocenters. The predicted molar refractivity (Wildman–Crippen MR) is 82.8 cm³/mol.